The largest absolute Gasteiger partial charge is 0.495 e. The van der Waals surface area contributed by atoms with Gasteiger partial charge in [-0.2, -0.15) is 0 Å². The lowest BCUT2D eigenvalue weighted by Gasteiger charge is -2.32. The summed E-state index contributed by atoms with van der Waals surface area (Å²) in [6, 6.07) is 3.24. The SMILES string of the molecule is CCc1c(B2OC(C)(C)C(C)(C)O2)ccc(P(=O)(O)O)c1CC. The Kier molecular flexibility index (Phi) is 4.89. The maximum atomic E-state index is 11.8. The molecule has 1 aliphatic heterocycles. The minimum Gasteiger partial charge on any atom is -0.399 e. The van der Waals surface area contributed by atoms with Crippen molar-refractivity contribution in [2.75, 3.05) is 0 Å². The first-order valence-electron chi connectivity index (χ1n) is 8.01. The molecule has 23 heavy (non-hydrogen) atoms. The number of benzene rings is 1. The monoisotopic (exact) mass is 340 g/mol. The van der Waals surface area contributed by atoms with Crippen molar-refractivity contribution in [3.05, 3.63) is 23.3 Å². The van der Waals surface area contributed by atoms with Gasteiger partial charge in [-0.1, -0.05) is 19.9 Å². The lowest BCUT2D eigenvalue weighted by Crippen LogP contribution is -2.41. The third-order valence-corrected chi connectivity index (χ3v) is 6.02. The molecule has 0 aliphatic carbocycles. The quantitative estimate of drug-likeness (QED) is 0.647. The molecule has 0 aromatic heterocycles. The Bertz CT molecular complexity index is 634. The van der Waals surface area contributed by atoms with Crippen LogP contribution in [0.5, 0.6) is 0 Å². The van der Waals surface area contributed by atoms with Crippen molar-refractivity contribution in [2.24, 2.45) is 0 Å². The molecule has 0 amide bonds. The molecule has 2 rings (SSSR count). The van der Waals surface area contributed by atoms with Crippen LogP contribution in [-0.2, 0) is 26.7 Å². The second kappa shape index (κ2) is 6.01. The molecule has 128 valence electrons. The van der Waals surface area contributed by atoms with E-state index in [9.17, 15) is 14.4 Å². The van der Waals surface area contributed by atoms with Crippen LogP contribution in [0.3, 0.4) is 0 Å². The van der Waals surface area contributed by atoms with Gasteiger partial charge in [0.2, 0.25) is 0 Å². The number of hydrogen-bond donors (Lipinski definition) is 2. The summed E-state index contributed by atoms with van der Waals surface area (Å²) in [7, 11) is -4.82. The molecule has 1 saturated heterocycles. The maximum absolute atomic E-state index is 11.8. The molecule has 1 aliphatic rings. The summed E-state index contributed by atoms with van der Waals surface area (Å²) in [6.45, 7) is 11.8. The van der Waals surface area contributed by atoms with Gasteiger partial charge in [0, 0.05) is 0 Å². The minimum atomic E-state index is -4.30. The number of rotatable bonds is 4. The van der Waals surface area contributed by atoms with Crippen LogP contribution >= 0.6 is 7.60 Å². The Hall–Kier alpha value is -0.645. The molecule has 0 bridgehead atoms. The molecular formula is C16H26BO5P. The average molecular weight is 340 g/mol. The van der Waals surface area contributed by atoms with Crippen LogP contribution in [0.25, 0.3) is 0 Å². The maximum Gasteiger partial charge on any atom is 0.495 e. The fraction of sp³-hybridized carbons (Fsp3) is 0.625. The molecule has 1 aromatic carbocycles. The van der Waals surface area contributed by atoms with Gasteiger partial charge in [-0.25, -0.2) is 0 Å². The molecule has 1 aromatic rings. The van der Waals surface area contributed by atoms with Gasteiger partial charge in [-0.05, 0) is 63.2 Å². The Morgan fingerprint density at radius 2 is 1.48 bits per heavy atom. The first kappa shape index (κ1) is 18.7. The zero-order valence-corrected chi connectivity index (χ0v) is 15.6. The van der Waals surface area contributed by atoms with Crippen LogP contribution in [0.1, 0.15) is 52.7 Å². The van der Waals surface area contributed by atoms with Gasteiger partial charge in [0.25, 0.3) is 0 Å². The molecule has 0 unspecified atom stereocenters. The van der Waals surface area contributed by atoms with Gasteiger partial charge in [-0.3, -0.25) is 4.57 Å². The lowest BCUT2D eigenvalue weighted by molar-refractivity contribution is 0.00578. The second-order valence-corrected chi connectivity index (χ2v) is 8.54. The summed E-state index contributed by atoms with van der Waals surface area (Å²) in [5.41, 5.74) is 1.58. The standard InChI is InChI=1S/C16H26BO5P/c1-7-11-12(8-2)14(23(18,19)20)10-9-13(11)17-21-15(3,4)16(5,6)22-17/h9-10H,7-8H2,1-6H3,(H2,18,19,20). The van der Waals surface area contributed by atoms with Crippen LogP contribution in [0, 0.1) is 0 Å². The Balaban J connectivity index is 2.56. The topological polar surface area (TPSA) is 76.0 Å². The highest BCUT2D eigenvalue weighted by Gasteiger charge is 2.52. The van der Waals surface area contributed by atoms with Gasteiger partial charge in [0.15, 0.2) is 0 Å². The molecule has 0 spiro atoms. The predicted molar refractivity (Wildman–Crippen MR) is 92.6 cm³/mol. The zero-order valence-electron chi connectivity index (χ0n) is 14.7. The van der Waals surface area contributed by atoms with E-state index in [1.54, 1.807) is 6.07 Å². The second-order valence-electron chi connectivity index (χ2n) is 6.97. The lowest BCUT2D eigenvalue weighted by atomic mass is 9.73. The zero-order chi connectivity index (χ0) is 17.6. The van der Waals surface area contributed by atoms with Gasteiger partial charge in [-0.15, -0.1) is 0 Å². The molecule has 5 nitrogen and oxygen atoms in total. The third kappa shape index (κ3) is 3.28. The van der Waals surface area contributed by atoms with Crippen molar-refractivity contribution in [2.45, 2.75) is 65.6 Å². The van der Waals surface area contributed by atoms with Crippen LogP contribution in [0.15, 0.2) is 12.1 Å². The first-order valence-corrected chi connectivity index (χ1v) is 9.62. The highest BCUT2D eigenvalue weighted by molar-refractivity contribution is 7.60. The molecule has 0 radical (unpaired) electrons. The molecule has 0 saturated carbocycles. The van der Waals surface area contributed by atoms with Gasteiger partial charge in [0.05, 0.1) is 16.5 Å². The summed E-state index contributed by atoms with van der Waals surface area (Å²) in [5, 5.41) is 0.108. The summed E-state index contributed by atoms with van der Waals surface area (Å²) in [4.78, 5) is 19.2. The van der Waals surface area contributed by atoms with E-state index >= 15 is 0 Å². The molecular weight excluding hydrogens is 314 g/mol. The predicted octanol–water partition coefficient (Wildman–Crippen LogP) is 1.91. The van der Waals surface area contributed by atoms with Crippen molar-refractivity contribution >= 4 is 25.5 Å². The van der Waals surface area contributed by atoms with E-state index in [4.69, 9.17) is 9.31 Å². The normalized spacial score (nSPS) is 20.1. The van der Waals surface area contributed by atoms with E-state index in [0.717, 1.165) is 11.0 Å². The number of hydrogen-bond acceptors (Lipinski definition) is 3. The fourth-order valence-corrected chi connectivity index (χ4v) is 3.89. The molecule has 7 heteroatoms. The molecule has 1 fully saturated rings. The van der Waals surface area contributed by atoms with Crippen LogP contribution in [-0.4, -0.2) is 28.1 Å². The van der Waals surface area contributed by atoms with Gasteiger partial charge < -0.3 is 19.1 Å². The Morgan fingerprint density at radius 3 is 1.87 bits per heavy atom. The van der Waals surface area contributed by atoms with E-state index in [1.807, 2.05) is 41.5 Å². The summed E-state index contributed by atoms with van der Waals surface area (Å²) in [5.74, 6) is 0. The highest BCUT2D eigenvalue weighted by Crippen LogP contribution is 2.38. The summed E-state index contributed by atoms with van der Waals surface area (Å²) in [6.07, 6.45) is 1.22. The van der Waals surface area contributed by atoms with E-state index in [2.05, 4.69) is 0 Å². The Morgan fingerprint density at radius 1 is 1.00 bits per heavy atom. The smallest absolute Gasteiger partial charge is 0.399 e. The van der Waals surface area contributed by atoms with Crippen LogP contribution in [0.2, 0.25) is 0 Å². The molecule has 2 N–H and O–H groups in total. The van der Waals surface area contributed by atoms with Crippen LogP contribution < -0.4 is 10.8 Å². The van der Waals surface area contributed by atoms with Gasteiger partial charge in [0.1, 0.15) is 0 Å². The van der Waals surface area contributed by atoms with E-state index < -0.39 is 25.9 Å². The molecule has 1 heterocycles. The highest BCUT2D eigenvalue weighted by atomic mass is 31.2. The molecule has 0 atom stereocenters. The van der Waals surface area contributed by atoms with Crippen molar-refractivity contribution in [3.63, 3.8) is 0 Å². The van der Waals surface area contributed by atoms with Crippen molar-refractivity contribution in [1.29, 1.82) is 0 Å². The minimum absolute atomic E-state index is 0.108. The van der Waals surface area contributed by atoms with Crippen molar-refractivity contribution in [3.8, 4) is 0 Å². The third-order valence-electron chi connectivity index (χ3n) is 4.97. The van der Waals surface area contributed by atoms with E-state index in [1.165, 1.54) is 6.07 Å². The average Bonchev–Trinajstić information content (AvgIpc) is 2.64. The fourth-order valence-electron chi connectivity index (χ4n) is 2.97. The summed E-state index contributed by atoms with van der Waals surface area (Å²) >= 11 is 0. The first-order chi connectivity index (χ1) is 10.4. The van der Waals surface area contributed by atoms with Gasteiger partial charge >= 0.3 is 14.7 Å². The van der Waals surface area contributed by atoms with Crippen molar-refractivity contribution in [1.82, 2.24) is 0 Å². The van der Waals surface area contributed by atoms with Crippen LogP contribution in [0.4, 0.5) is 0 Å². The summed E-state index contributed by atoms with van der Waals surface area (Å²) < 4.78 is 24.0. The Labute approximate surface area is 138 Å². The van der Waals surface area contributed by atoms with Crippen molar-refractivity contribution < 1.29 is 23.7 Å². The van der Waals surface area contributed by atoms with E-state index in [-0.39, 0.29) is 5.30 Å². The van der Waals surface area contributed by atoms with E-state index in [0.29, 0.717) is 18.4 Å².